The molecule has 1 aliphatic rings. The molecule has 27 heavy (non-hydrogen) atoms. The molecule has 2 aromatic rings. The molecule has 1 heterocycles. The Hall–Kier alpha value is -2.71. The van der Waals surface area contributed by atoms with Crippen molar-refractivity contribution in [2.45, 2.75) is 19.8 Å². The standard InChI is InChI=1S/C22H24FN3O/c1-16-3-2-11-26(15-16)12-10-25-22(27)18-6-4-17(5-7-18)19-8-9-21(23)20(13-19)14-24/h4-9,13,16H,2-3,10-12,15H2,1H3,(H,25,27)/t16-/m0/s1. The van der Waals surface area contributed by atoms with Crippen molar-refractivity contribution in [3.05, 3.63) is 59.4 Å². The Morgan fingerprint density at radius 3 is 2.70 bits per heavy atom. The van der Waals surface area contributed by atoms with Gasteiger partial charge in [0.15, 0.2) is 0 Å². The van der Waals surface area contributed by atoms with E-state index in [-0.39, 0.29) is 11.5 Å². The first kappa shape index (κ1) is 19.1. The summed E-state index contributed by atoms with van der Waals surface area (Å²) in [5.74, 6) is 0.110. The van der Waals surface area contributed by atoms with Gasteiger partial charge >= 0.3 is 0 Å². The van der Waals surface area contributed by atoms with Crippen LogP contribution >= 0.6 is 0 Å². The summed E-state index contributed by atoms with van der Waals surface area (Å²) in [7, 11) is 0. The van der Waals surface area contributed by atoms with Crippen LogP contribution in [-0.4, -0.2) is 37.0 Å². The Morgan fingerprint density at radius 1 is 1.26 bits per heavy atom. The molecule has 1 amide bonds. The van der Waals surface area contributed by atoms with Gasteiger partial charge in [0.2, 0.25) is 0 Å². The first-order chi connectivity index (χ1) is 13.1. The molecule has 5 heteroatoms. The highest BCUT2D eigenvalue weighted by Crippen LogP contribution is 2.22. The zero-order valence-electron chi connectivity index (χ0n) is 15.5. The summed E-state index contributed by atoms with van der Waals surface area (Å²) in [5, 5.41) is 11.9. The van der Waals surface area contributed by atoms with Crippen LogP contribution in [0.15, 0.2) is 42.5 Å². The van der Waals surface area contributed by atoms with Gasteiger partial charge in [0, 0.05) is 25.2 Å². The van der Waals surface area contributed by atoms with Gasteiger partial charge in [-0.25, -0.2) is 4.39 Å². The molecule has 0 saturated carbocycles. The Balaban J connectivity index is 1.56. The first-order valence-corrected chi connectivity index (χ1v) is 9.37. The van der Waals surface area contributed by atoms with E-state index in [2.05, 4.69) is 17.1 Å². The zero-order chi connectivity index (χ0) is 19.2. The number of nitrogens with one attached hydrogen (secondary N) is 1. The first-order valence-electron chi connectivity index (χ1n) is 9.37. The van der Waals surface area contributed by atoms with Crippen LogP contribution in [0.1, 0.15) is 35.7 Å². The number of benzene rings is 2. The Kier molecular flexibility index (Phi) is 6.20. The van der Waals surface area contributed by atoms with Gasteiger partial charge in [0.05, 0.1) is 5.56 Å². The number of carbonyl (C=O) groups excluding carboxylic acids is 1. The van der Waals surface area contributed by atoms with Gasteiger partial charge in [0.25, 0.3) is 5.91 Å². The Labute approximate surface area is 159 Å². The molecular formula is C22H24FN3O. The van der Waals surface area contributed by atoms with E-state index in [0.717, 1.165) is 36.7 Å². The molecule has 0 radical (unpaired) electrons. The van der Waals surface area contributed by atoms with E-state index < -0.39 is 5.82 Å². The van der Waals surface area contributed by atoms with E-state index in [1.165, 1.54) is 25.0 Å². The monoisotopic (exact) mass is 365 g/mol. The second-order valence-electron chi connectivity index (χ2n) is 7.19. The van der Waals surface area contributed by atoms with E-state index in [0.29, 0.717) is 12.1 Å². The number of rotatable bonds is 5. The number of carbonyl (C=O) groups is 1. The van der Waals surface area contributed by atoms with Gasteiger partial charge in [-0.15, -0.1) is 0 Å². The van der Waals surface area contributed by atoms with Gasteiger partial charge in [-0.05, 0) is 60.7 Å². The highest BCUT2D eigenvalue weighted by Gasteiger charge is 2.16. The molecule has 1 fully saturated rings. The minimum absolute atomic E-state index is 0.0151. The predicted molar refractivity (Wildman–Crippen MR) is 104 cm³/mol. The molecule has 3 rings (SSSR count). The summed E-state index contributed by atoms with van der Waals surface area (Å²) in [6.45, 7) is 5.99. The number of piperidine rings is 1. The normalized spacial score (nSPS) is 17.3. The fraction of sp³-hybridized carbons (Fsp3) is 0.364. The lowest BCUT2D eigenvalue weighted by Gasteiger charge is -2.30. The van der Waals surface area contributed by atoms with Crippen molar-refractivity contribution in [2.24, 2.45) is 5.92 Å². The summed E-state index contributed by atoms with van der Waals surface area (Å²) in [5.41, 5.74) is 2.19. The molecule has 1 atom stereocenters. The molecule has 1 saturated heterocycles. The third kappa shape index (κ3) is 4.93. The van der Waals surface area contributed by atoms with Crippen molar-refractivity contribution in [1.82, 2.24) is 10.2 Å². The summed E-state index contributed by atoms with van der Waals surface area (Å²) < 4.78 is 13.5. The third-order valence-electron chi connectivity index (χ3n) is 5.02. The highest BCUT2D eigenvalue weighted by molar-refractivity contribution is 5.94. The molecule has 4 nitrogen and oxygen atoms in total. The van der Waals surface area contributed by atoms with Crippen molar-refractivity contribution in [3.8, 4) is 17.2 Å². The van der Waals surface area contributed by atoms with E-state index in [1.807, 2.05) is 18.2 Å². The molecule has 1 aliphatic heterocycles. The largest absolute Gasteiger partial charge is 0.351 e. The molecule has 1 N–H and O–H groups in total. The maximum absolute atomic E-state index is 13.5. The minimum atomic E-state index is -0.527. The summed E-state index contributed by atoms with van der Waals surface area (Å²) in [4.78, 5) is 14.7. The smallest absolute Gasteiger partial charge is 0.251 e. The molecule has 0 aromatic heterocycles. The van der Waals surface area contributed by atoms with Gasteiger partial charge < -0.3 is 10.2 Å². The molecule has 0 aliphatic carbocycles. The highest BCUT2D eigenvalue weighted by atomic mass is 19.1. The van der Waals surface area contributed by atoms with Crippen LogP contribution in [0.25, 0.3) is 11.1 Å². The quantitative estimate of drug-likeness (QED) is 0.876. The van der Waals surface area contributed by atoms with Crippen LogP contribution in [0.5, 0.6) is 0 Å². The lowest BCUT2D eigenvalue weighted by Crippen LogP contribution is -2.40. The number of hydrogen-bond donors (Lipinski definition) is 1. The second-order valence-corrected chi connectivity index (χ2v) is 7.19. The van der Waals surface area contributed by atoms with Crippen LogP contribution in [0.4, 0.5) is 4.39 Å². The van der Waals surface area contributed by atoms with Crippen molar-refractivity contribution >= 4 is 5.91 Å². The van der Waals surface area contributed by atoms with Crippen LogP contribution in [0.3, 0.4) is 0 Å². The van der Waals surface area contributed by atoms with Crippen LogP contribution in [0, 0.1) is 23.1 Å². The minimum Gasteiger partial charge on any atom is -0.351 e. The molecular weight excluding hydrogens is 341 g/mol. The number of amides is 1. The number of halogens is 1. The summed E-state index contributed by atoms with van der Waals surface area (Å²) >= 11 is 0. The van der Waals surface area contributed by atoms with Gasteiger partial charge in [-0.2, -0.15) is 5.26 Å². The number of nitriles is 1. The lowest BCUT2D eigenvalue weighted by molar-refractivity contribution is 0.0944. The van der Waals surface area contributed by atoms with Crippen LogP contribution in [0.2, 0.25) is 0 Å². The molecule has 140 valence electrons. The fourth-order valence-corrected chi connectivity index (χ4v) is 3.52. The third-order valence-corrected chi connectivity index (χ3v) is 5.02. The van der Waals surface area contributed by atoms with Crippen LogP contribution < -0.4 is 5.32 Å². The van der Waals surface area contributed by atoms with Crippen molar-refractivity contribution < 1.29 is 9.18 Å². The molecule has 0 bridgehead atoms. The van der Waals surface area contributed by atoms with E-state index in [1.54, 1.807) is 18.2 Å². The molecule has 0 unspecified atom stereocenters. The maximum atomic E-state index is 13.5. The van der Waals surface area contributed by atoms with E-state index in [9.17, 15) is 9.18 Å². The van der Waals surface area contributed by atoms with E-state index >= 15 is 0 Å². The average Bonchev–Trinajstić information content (AvgIpc) is 2.68. The zero-order valence-corrected chi connectivity index (χ0v) is 15.5. The Bertz CT molecular complexity index is 842. The summed E-state index contributed by atoms with van der Waals surface area (Å²) in [6.07, 6.45) is 2.52. The van der Waals surface area contributed by atoms with Crippen molar-refractivity contribution in [3.63, 3.8) is 0 Å². The van der Waals surface area contributed by atoms with Gasteiger partial charge in [-0.1, -0.05) is 25.1 Å². The molecule has 2 aromatic carbocycles. The maximum Gasteiger partial charge on any atom is 0.251 e. The number of nitrogens with zero attached hydrogens (tertiary/aromatic N) is 2. The van der Waals surface area contributed by atoms with Crippen molar-refractivity contribution in [1.29, 1.82) is 5.26 Å². The van der Waals surface area contributed by atoms with E-state index in [4.69, 9.17) is 5.26 Å². The van der Waals surface area contributed by atoms with Gasteiger partial charge in [-0.3, -0.25) is 4.79 Å². The van der Waals surface area contributed by atoms with Crippen LogP contribution in [-0.2, 0) is 0 Å². The number of likely N-dealkylation sites (tertiary alicyclic amines) is 1. The predicted octanol–water partition coefficient (Wildman–Crippen LogP) is 3.83. The molecule has 0 spiro atoms. The number of hydrogen-bond acceptors (Lipinski definition) is 3. The average molecular weight is 365 g/mol. The lowest BCUT2D eigenvalue weighted by atomic mass is 10.0. The SMILES string of the molecule is C[C@H]1CCCN(CCNC(=O)c2ccc(-c3ccc(F)c(C#N)c3)cc2)C1. The van der Waals surface area contributed by atoms with Gasteiger partial charge in [0.1, 0.15) is 11.9 Å². The summed E-state index contributed by atoms with van der Waals surface area (Å²) in [6, 6.07) is 13.4. The Morgan fingerprint density at radius 2 is 2.00 bits per heavy atom. The topological polar surface area (TPSA) is 56.1 Å². The van der Waals surface area contributed by atoms with Crippen molar-refractivity contribution in [2.75, 3.05) is 26.2 Å². The fourth-order valence-electron chi connectivity index (χ4n) is 3.52. The second kappa shape index (κ2) is 8.79.